The first kappa shape index (κ1) is 18.3. The number of nitrogens with two attached hydrogens (primary N) is 1. The van der Waals surface area contributed by atoms with E-state index in [4.69, 9.17) is 10.5 Å². The molecule has 0 saturated heterocycles. The number of primary amides is 1. The lowest BCUT2D eigenvalue weighted by atomic mass is 9.93. The van der Waals surface area contributed by atoms with Crippen LogP contribution in [0.15, 0.2) is 23.2 Å². The highest BCUT2D eigenvalue weighted by Crippen LogP contribution is 2.16. The number of sulfonamides is 1. The van der Waals surface area contributed by atoms with Crippen LogP contribution in [0.5, 0.6) is 0 Å². The van der Waals surface area contributed by atoms with Crippen molar-refractivity contribution in [1.82, 2.24) is 9.71 Å². The highest BCUT2D eigenvalue weighted by atomic mass is 32.2. The van der Waals surface area contributed by atoms with E-state index in [1.165, 1.54) is 13.2 Å². The molecule has 0 aliphatic heterocycles. The molecule has 0 aliphatic carbocycles. The fourth-order valence-corrected chi connectivity index (χ4v) is 2.39. The van der Waals surface area contributed by atoms with E-state index in [1.54, 1.807) is 26.0 Å². The summed E-state index contributed by atoms with van der Waals surface area (Å²) in [6.45, 7) is 4.05. The number of hydrogen-bond acceptors (Lipinski definition) is 6. The maximum Gasteiger partial charge on any atom is 0.258 e. The maximum absolute atomic E-state index is 12.0. The Labute approximate surface area is 130 Å². The highest BCUT2D eigenvalue weighted by molar-refractivity contribution is 7.89. The molecule has 0 aliphatic rings. The summed E-state index contributed by atoms with van der Waals surface area (Å²) in [6, 6.07) is 4.57. The van der Waals surface area contributed by atoms with Crippen LogP contribution in [-0.2, 0) is 19.6 Å². The van der Waals surface area contributed by atoms with Gasteiger partial charge in [-0.25, -0.2) is 18.1 Å². The molecule has 0 aromatic carbocycles. The van der Waals surface area contributed by atoms with E-state index in [0.29, 0.717) is 5.82 Å². The molecule has 0 atom stereocenters. The van der Waals surface area contributed by atoms with Crippen LogP contribution in [0.2, 0.25) is 0 Å². The van der Waals surface area contributed by atoms with Gasteiger partial charge in [-0.15, -0.1) is 0 Å². The van der Waals surface area contributed by atoms with Crippen LogP contribution in [0.4, 0.5) is 5.82 Å². The molecule has 22 heavy (non-hydrogen) atoms. The molecule has 1 aromatic rings. The number of carbonyl (C=O) groups excluding carboxylic acids is 1. The average molecular weight is 330 g/mol. The van der Waals surface area contributed by atoms with Crippen LogP contribution in [0.25, 0.3) is 0 Å². The van der Waals surface area contributed by atoms with Gasteiger partial charge in [-0.05, 0) is 26.0 Å². The largest absolute Gasteiger partial charge is 0.383 e. The summed E-state index contributed by atoms with van der Waals surface area (Å²) in [5.41, 5.74) is 4.51. The van der Waals surface area contributed by atoms with Gasteiger partial charge in [0.05, 0.1) is 12.0 Å². The van der Waals surface area contributed by atoms with Crippen molar-refractivity contribution in [3.05, 3.63) is 18.2 Å². The zero-order valence-electron chi connectivity index (χ0n) is 12.9. The summed E-state index contributed by atoms with van der Waals surface area (Å²) in [6.07, 6.45) is 0. The molecule has 0 fully saturated rings. The fourth-order valence-electron chi connectivity index (χ4n) is 1.41. The van der Waals surface area contributed by atoms with Crippen LogP contribution in [0.3, 0.4) is 0 Å². The normalized spacial score (nSPS) is 12.1. The second-order valence-electron chi connectivity index (χ2n) is 5.35. The van der Waals surface area contributed by atoms with Gasteiger partial charge in [0.2, 0.25) is 5.91 Å². The van der Waals surface area contributed by atoms with Crippen molar-refractivity contribution in [2.75, 3.05) is 32.1 Å². The lowest BCUT2D eigenvalue weighted by Gasteiger charge is -2.21. The zero-order chi connectivity index (χ0) is 16.8. The summed E-state index contributed by atoms with van der Waals surface area (Å²) >= 11 is 0. The number of amides is 1. The van der Waals surface area contributed by atoms with Crippen molar-refractivity contribution in [2.45, 2.75) is 18.9 Å². The molecule has 0 spiro atoms. The number of hydrogen-bond donors (Lipinski definition) is 3. The third-order valence-corrected chi connectivity index (χ3v) is 4.34. The quantitative estimate of drug-likeness (QED) is 0.545. The second-order valence-corrected chi connectivity index (χ2v) is 7.07. The van der Waals surface area contributed by atoms with Crippen molar-refractivity contribution in [2.24, 2.45) is 11.1 Å². The third kappa shape index (κ3) is 5.24. The Morgan fingerprint density at radius 3 is 2.68 bits per heavy atom. The minimum absolute atomic E-state index is 0.106. The summed E-state index contributed by atoms with van der Waals surface area (Å²) in [5.74, 6) is -0.103. The number of pyridine rings is 1. The number of nitrogens with zero attached hydrogens (tertiary/aromatic N) is 1. The van der Waals surface area contributed by atoms with Crippen molar-refractivity contribution in [3.8, 4) is 0 Å². The Kier molecular flexibility index (Phi) is 6.27. The van der Waals surface area contributed by atoms with Crippen molar-refractivity contribution < 1.29 is 17.9 Å². The van der Waals surface area contributed by atoms with Crippen molar-refractivity contribution >= 4 is 21.7 Å². The zero-order valence-corrected chi connectivity index (χ0v) is 13.7. The standard InChI is InChI=1S/C13H22N4O4S/c1-13(2,12(14)18)9-15-10-5-4-6-11(17-10)22(19,20)16-7-8-21-3/h4-6,16H,7-9H2,1-3H3,(H2,14,18)(H,15,17). The van der Waals surface area contributed by atoms with E-state index < -0.39 is 21.3 Å². The number of nitrogens with one attached hydrogen (secondary N) is 2. The number of carbonyl (C=O) groups is 1. The van der Waals surface area contributed by atoms with Crippen molar-refractivity contribution in [1.29, 1.82) is 0 Å². The van der Waals surface area contributed by atoms with Crippen LogP contribution in [0.1, 0.15) is 13.8 Å². The molecule has 124 valence electrons. The molecular weight excluding hydrogens is 308 g/mol. The fraction of sp³-hybridized carbons (Fsp3) is 0.538. The first-order chi connectivity index (χ1) is 10.2. The van der Waals surface area contributed by atoms with Crippen LogP contribution < -0.4 is 15.8 Å². The monoisotopic (exact) mass is 330 g/mol. The number of methoxy groups -OCH3 is 1. The van der Waals surface area contributed by atoms with Crippen molar-refractivity contribution in [3.63, 3.8) is 0 Å². The van der Waals surface area contributed by atoms with Gasteiger partial charge in [0.1, 0.15) is 5.82 Å². The maximum atomic E-state index is 12.0. The predicted octanol–water partition coefficient (Wildman–Crippen LogP) is -0.0703. The van der Waals surface area contributed by atoms with E-state index in [0.717, 1.165) is 0 Å². The van der Waals surface area contributed by atoms with Crippen LogP contribution >= 0.6 is 0 Å². The molecule has 4 N–H and O–H groups in total. The Morgan fingerprint density at radius 1 is 1.41 bits per heavy atom. The summed E-state index contributed by atoms with van der Waals surface area (Å²) in [7, 11) is -2.21. The Morgan fingerprint density at radius 2 is 2.09 bits per heavy atom. The minimum atomic E-state index is -3.70. The Bertz CT molecular complexity index is 616. The molecule has 0 bridgehead atoms. The van der Waals surface area contributed by atoms with E-state index in [2.05, 4.69) is 15.0 Å². The van der Waals surface area contributed by atoms with Gasteiger partial charge in [-0.3, -0.25) is 4.79 Å². The first-order valence-electron chi connectivity index (χ1n) is 6.68. The van der Waals surface area contributed by atoms with Gasteiger partial charge in [-0.1, -0.05) is 6.07 Å². The Balaban J connectivity index is 2.80. The van der Waals surface area contributed by atoms with Crippen LogP contribution in [0, 0.1) is 5.41 Å². The molecule has 0 unspecified atom stereocenters. The molecule has 8 nitrogen and oxygen atoms in total. The second kappa shape index (κ2) is 7.52. The molecule has 9 heteroatoms. The number of rotatable bonds is 9. The molecule has 1 aromatic heterocycles. The molecule has 1 rings (SSSR count). The number of anilines is 1. The number of ether oxygens (including phenoxy) is 1. The summed E-state index contributed by atoms with van der Waals surface area (Å²) in [5, 5.41) is 2.81. The first-order valence-corrected chi connectivity index (χ1v) is 8.17. The van der Waals surface area contributed by atoms with Gasteiger partial charge >= 0.3 is 0 Å². The van der Waals surface area contributed by atoms with E-state index >= 15 is 0 Å². The Hall–Kier alpha value is -1.71. The van der Waals surface area contributed by atoms with Gasteiger partial charge in [0.25, 0.3) is 10.0 Å². The lowest BCUT2D eigenvalue weighted by molar-refractivity contribution is -0.125. The SMILES string of the molecule is COCCNS(=O)(=O)c1cccc(NCC(C)(C)C(N)=O)n1. The summed E-state index contributed by atoms with van der Waals surface area (Å²) in [4.78, 5) is 15.3. The molecule has 1 heterocycles. The third-order valence-electron chi connectivity index (χ3n) is 2.98. The predicted molar refractivity (Wildman–Crippen MR) is 82.8 cm³/mol. The van der Waals surface area contributed by atoms with Crippen LogP contribution in [-0.4, -0.2) is 46.1 Å². The summed E-state index contributed by atoms with van der Waals surface area (Å²) < 4.78 is 31.2. The van der Waals surface area contributed by atoms with Gasteiger partial charge in [0.15, 0.2) is 5.03 Å². The molecular formula is C13H22N4O4S. The lowest BCUT2D eigenvalue weighted by Crippen LogP contribution is -2.37. The number of aromatic nitrogens is 1. The van der Waals surface area contributed by atoms with Gasteiger partial charge < -0.3 is 15.8 Å². The van der Waals surface area contributed by atoms with E-state index in [9.17, 15) is 13.2 Å². The highest BCUT2D eigenvalue weighted by Gasteiger charge is 2.25. The molecule has 1 amide bonds. The van der Waals surface area contributed by atoms with Gasteiger partial charge in [-0.2, -0.15) is 0 Å². The van der Waals surface area contributed by atoms with E-state index in [1.807, 2.05) is 0 Å². The minimum Gasteiger partial charge on any atom is -0.383 e. The smallest absolute Gasteiger partial charge is 0.258 e. The van der Waals surface area contributed by atoms with E-state index in [-0.39, 0.29) is 24.7 Å². The molecule has 0 radical (unpaired) electrons. The average Bonchev–Trinajstić information content (AvgIpc) is 2.45. The van der Waals surface area contributed by atoms with Gasteiger partial charge in [0, 0.05) is 20.2 Å². The topological polar surface area (TPSA) is 123 Å². The molecule has 0 saturated carbocycles.